The molecule has 0 aromatic rings. The van der Waals surface area contributed by atoms with Crippen molar-refractivity contribution in [3.05, 3.63) is 0 Å². The molecule has 1 aliphatic heterocycles. The average molecular weight is 158 g/mol. The Labute approximate surface area is 66.7 Å². The third kappa shape index (κ3) is 2.60. The third-order valence-corrected chi connectivity index (χ3v) is 1.50. The SMILES string of the molecule is CC(C)OC1OCCCC1=O. The van der Waals surface area contributed by atoms with E-state index in [1.807, 2.05) is 13.8 Å². The van der Waals surface area contributed by atoms with Crippen molar-refractivity contribution in [1.82, 2.24) is 0 Å². The van der Waals surface area contributed by atoms with Crippen molar-refractivity contribution in [3.63, 3.8) is 0 Å². The fourth-order valence-corrected chi connectivity index (χ4v) is 1.01. The van der Waals surface area contributed by atoms with E-state index < -0.39 is 6.29 Å². The monoisotopic (exact) mass is 158 g/mol. The van der Waals surface area contributed by atoms with E-state index in [1.54, 1.807) is 0 Å². The van der Waals surface area contributed by atoms with Crippen LogP contribution in [0.5, 0.6) is 0 Å². The highest BCUT2D eigenvalue weighted by Gasteiger charge is 2.24. The molecule has 1 rings (SSSR count). The number of carbonyl (C=O) groups excluding carboxylic acids is 1. The van der Waals surface area contributed by atoms with Crippen LogP contribution in [0.2, 0.25) is 0 Å². The maximum atomic E-state index is 11.1. The number of Topliss-reactive ketones (excluding diaryl/α,β-unsaturated/α-hetero) is 1. The Morgan fingerprint density at radius 2 is 2.36 bits per heavy atom. The van der Waals surface area contributed by atoms with E-state index in [9.17, 15) is 4.79 Å². The zero-order valence-electron chi connectivity index (χ0n) is 7.00. The van der Waals surface area contributed by atoms with Crippen molar-refractivity contribution >= 4 is 5.78 Å². The van der Waals surface area contributed by atoms with Crippen molar-refractivity contribution in [1.29, 1.82) is 0 Å². The van der Waals surface area contributed by atoms with Crippen LogP contribution in [0, 0.1) is 0 Å². The summed E-state index contributed by atoms with van der Waals surface area (Å²) in [6.07, 6.45) is 0.888. The normalized spacial score (nSPS) is 26.1. The largest absolute Gasteiger partial charge is 0.346 e. The molecule has 0 bridgehead atoms. The van der Waals surface area contributed by atoms with Crippen LogP contribution in [-0.2, 0) is 14.3 Å². The van der Waals surface area contributed by atoms with Crippen molar-refractivity contribution in [2.45, 2.75) is 39.1 Å². The minimum absolute atomic E-state index is 0.0575. The summed E-state index contributed by atoms with van der Waals surface area (Å²) in [4.78, 5) is 11.1. The number of hydrogen-bond acceptors (Lipinski definition) is 3. The van der Waals surface area contributed by atoms with Crippen molar-refractivity contribution in [2.24, 2.45) is 0 Å². The summed E-state index contributed by atoms with van der Waals surface area (Å²) in [5.74, 6) is 0.0740. The van der Waals surface area contributed by atoms with E-state index in [4.69, 9.17) is 9.47 Å². The molecule has 1 heterocycles. The highest BCUT2D eigenvalue weighted by atomic mass is 16.7. The molecule has 0 aromatic carbocycles. The first-order valence-corrected chi connectivity index (χ1v) is 4.00. The molecular weight excluding hydrogens is 144 g/mol. The molecule has 64 valence electrons. The topological polar surface area (TPSA) is 35.5 Å². The second-order valence-electron chi connectivity index (χ2n) is 2.96. The predicted octanol–water partition coefficient (Wildman–Crippen LogP) is 1.12. The number of ether oxygens (including phenoxy) is 2. The lowest BCUT2D eigenvalue weighted by molar-refractivity contribution is -0.188. The summed E-state index contributed by atoms with van der Waals surface area (Å²) < 4.78 is 10.4. The Kier molecular flexibility index (Phi) is 3.02. The summed E-state index contributed by atoms with van der Waals surface area (Å²) in [7, 11) is 0. The Balaban J connectivity index is 2.36. The van der Waals surface area contributed by atoms with Crippen LogP contribution >= 0.6 is 0 Å². The molecule has 0 N–H and O–H groups in total. The Hall–Kier alpha value is -0.410. The van der Waals surface area contributed by atoms with E-state index in [-0.39, 0.29) is 11.9 Å². The van der Waals surface area contributed by atoms with Crippen LogP contribution in [0.3, 0.4) is 0 Å². The van der Waals surface area contributed by atoms with Crippen molar-refractivity contribution < 1.29 is 14.3 Å². The first kappa shape index (κ1) is 8.68. The van der Waals surface area contributed by atoms with Crippen molar-refractivity contribution in [3.8, 4) is 0 Å². The van der Waals surface area contributed by atoms with Crippen LogP contribution < -0.4 is 0 Å². The third-order valence-electron chi connectivity index (χ3n) is 1.50. The van der Waals surface area contributed by atoms with Gasteiger partial charge in [-0.2, -0.15) is 0 Å². The Bertz CT molecular complexity index is 142. The smallest absolute Gasteiger partial charge is 0.218 e. The van der Waals surface area contributed by atoms with Gasteiger partial charge in [-0.15, -0.1) is 0 Å². The molecule has 0 saturated carbocycles. The lowest BCUT2D eigenvalue weighted by Crippen LogP contribution is -2.34. The summed E-state index contributed by atoms with van der Waals surface area (Å²) in [5, 5.41) is 0. The van der Waals surface area contributed by atoms with Gasteiger partial charge in [0.05, 0.1) is 12.7 Å². The fourth-order valence-electron chi connectivity index (χ4n) is 1.01. The summed E-state index contributed by atoms with van der Waals surface area (Å²) >= 11 is 0. The molecule has 0 aliphatic carbocycles. The van der Waals surface area contributed by atoms with Crippen LogP contribution in [0.1, 0.15) is 26.7 Å². The first-order valence-electron chi connectivity index (χ1n) is 4.00. The van der Waals surface area contributed by atoms with E-state index >= 15 is 0 Å². The number of hydrogen-bond donors (Lipinski definition) is 0. The van der Waals surface area contributed by atoms with Crippen LogP contribution in [0.4, 0.5) is 0 Å². The number of ketones is 1. The summed E-state index contributed by atoms with van der Waals surface area (Å²) in [6.45, 7) is 4.43. The molecule has 11 heavy (non-hydrogen) atoms. The second-order valence-corrected chi connectivity index (χ2v) is 2.96. The molecule has 1 fully saturated rings. The second kappa shape index (κ2) is 3.83. The molecule has 3 heteroatoms. The maximum absolute atomic E-state index is 11.1. The van der Waals surface area contributed by atoms with Gasteiger partial charge in [-0.1, -0.05) is 0 Å². The molecule has 0 aromatic heterocycles. The van der Waals surface area contributed by atoms with Gasteiger partial charge in [0.15, 0.2) is 5.78 Å². The van der Waals surface area contributed by atoms with Crippen LogP contribution in [0.15, 0.2) is 0 Å². The summed E-state index contributed by atoms with van der Waals surface area (Å²) in [5.41, 5.74) is 0. The molecule has 0 amide bonds. The minimum atomic E-state index is -0.594. The molecule has 0 radical (unpaired) electrons. The van der Waals surface area contributed by atoms with Gasteiger partial charge < -0.3 is 9.47 Å². The van der Waals surface area contributed by atoms with Gasteiger partial charge in [-0.25, -0.2) is 0 Å². The zero-order chi connectivity index (χ0) is 8.27. The standard InChI is InChI=1S/C8H14O3/c1-6(2)11-8-7(9)4-3-5-10-8/h6,8H,3-5H2,1-2H3. The molecule has 0 spiro atoms. The van der Waals surface area contributed by atoms with Gasteiger partial charge in [0, 0.05) is 6.42 Å². The fraction of sp³-hybridized carbons (Fsp3) is 0.875. The van der Waals surface area contributed by atoms with E-state index in [0.717, 1.165) is 6.42 Å². The van der Waals surface area contributed by atoms with Gasteiger partial charge >= 0.3 is 0 Å². The molecule has 3 nitrogen and oxygen atoms in total. The van der Waals surface area contributed by atoms with Crippen LogP contribution in [0.25, 0.3) is 0 Å². The highest BCUT2D eigenvalue weighted by molar-refractivity contribution is 5.82. The molecule has 1 saturated heterocycles. The molecule has 1 atom stereocenters. The van der Waals surface area contributed by atoms with Gasteiger partial charge in [-0.05, 0) is 20.3 Å². The molecular formula is C8H14O3. The lowest BCUT2D eigenvalue weighted by atomic mass is 10.2. The Morgan fingerprint density at radius 3 is 2.91 bits per heavy atom. The average Bonchev–Trinajstić information content (AvgIpc) is 1.93. The van der Waals surface area contributed by atoms with Crippen molar-refractivity contribution in [2.75, 3.05) is 6.61 Å². The Morgan fingerprint density at radius 1 is 1.64 bits per heavy atom. The van der Waals surface area contributed by atoms with Gasteiger partial charge in [0.25, 0.3) is 0 Å². The van der Waals surface area contributed by atoms with Gasteiger partial charge in [0.2, 0.25) is 6.29 Å². The lowest BCUT2D eigenvalue weighted by Gasteiger charge is -2.23. The van der Waals surface area contributed by atoms with E-state index in [0.29, 0.717) is 13.0 Å². The molecule has 1 unspecified atom stereocenters. The minimum Gasteiger partial charge on any atom is -0.346 e. The van der Waals surface area contributed by atoms with E-state index in [2.05, 4.69) is 0 Å². The summed E-state index contributed by atoms with van der Waals surface area (Å²) in [6, 6.07) is 0. The van der Waals surface area contributed by atoms with Gasteiger partial charge in [-0.3, -0.25) is 4.79 Å². The van der Waals surface area contributed by atoms with Crippen LogP contribution in [-0.4, -0.2) is 24.8 Å². The highest BCUT2D eigenvalue weighted by Crippen LogP contribution is 2.11. The maximum Gasteiger partial charge on any atom is 0.218 e. The van der Waals surface area contributed by atoms with E-state index in [1.165, 1.54) is 0 Å². The molecule has 1 aliphatic rings. The quantitative estimate of drug-likeness (QED) is 0.604. The number of rotatable bonds is 2. The first-order chi connectivity index (χ1) is 5.20. The van der Waals surface area contributed by atoms with Gasteiger partial charge in [0.1, 0.15) is 0 Å². The predicted molar refractivity (Wildman–Crippen MR) is 40.2 cm³/mol. The number of carbonyl (C=O) groups is 1. The zero-order valence-corrected chi connectivity index (χ0v) is 7.00.